The molecule has 1 rings (SSSR count). The van der Waals surface area contributed by atoms with E-state index in [-0.39, 0.29) is 0 Å². The quantitative estimate of drug-likeness (QED) is 0.339. The summed E-state index contributed by atoms with van der Waals surface area (Å²) in [5, 5.41) is 6.69. The molecule has 1 fully saturated rings. The highest BCUT2D eigenvalue weighted by atomic mass is 16.5. The topological polar surface area (TPSA) is 58.1 Å². The minimum Gasteiger partial charge on any atom is -0.385 e. The van der Waals surface area contributed by atoms with Gasteiger partial charge in [-0.3, -0.25) is 4.99 Å². The monoisotopic (exact) mass is 314 g/mol. The van der Waals surface area contributed by atoms with Crippen molar-refractivity contribution in [2.24, 2.45) is 4.99 Å². The molecule has 2 N–H and O–H groups in total. The summed E-state index contributed by atoms with van der Waals surface area (Å²) < 4.78 is 10.7. The molecule has 0 amide bonds. The van der Waals surface area contributed by atoms with Crippen LogP contribution in [0.4, 0.5) is 0 Å². The van der Waals surface area contributed by atoms with Gasteiger partial charge in [0, 0.05) is 53.0 Å². The van der Waals surface area contributed by atoms with Gasteiger partial charge in [-0.1, -0.05) is 0 Å². The lowest BCUT2D eigenvalue weighted by molar-refractivity contribution is 0.106. The first kappa shape index (κ1) is 19.2. The molecular weight excluding hydrogens is 280 g/mol. The van der Waals surface area contributed by atoms with E-state index in [1.807, 2.05) is 0 Å². The van der Waals surface area contributed by atoms with Crippen LogP contribution in [0.3, 0.4) is 0 Å². The zero-order chi connectivity index (χ0) is 16.0. The Hall–Kier alpha value is -0.850. The second-order valence-corrected chi connectivity index (χ2v) is 5.76. The maximum atomic E-state index is 5.63. The third-order valence-electron chi connectivity index (χ3n) is 3.76. The van der Waals surface area contributed by atoms with Crippen LogP contribution in [0.15, 0.2) is 4.99 Å². The molecule has 0 radical (unpaired) electrons. The molecule has 6 nitrogen and oxygen atoms in total. The summed E-state index contributed by atoms with van der Waals surface area (Å²) in [6.45, 7) is 8.50. The lowest BCUT2D eigenvalue weighted by Crippen LogP contribution is -2.41. The van der Waals surface area contributed by atoms with Crippen molar-refractivity contribution in [3.63, 3.8) is 0 Å². The average Bonchev–Trinajstić information content (AvgIpc) is 3.01. The average molecular weight is 314 g/mol. The van der Waals surface area contributed by atoms with Crippen molar-refractivity contribution in [3.05, 3.63) is 0 Å². The summed E-state index contributed by atoms with van der Waals surface area (Å²) in [5.74, 6) is 0.908. The largest absolute Gasteiger partial charge is 0.385 e. The molecule has 1 atom stereocenters. The number of nitrogens with one attached hydrogen (secondary N) is 2. The van der Waals surface area contributed by atoms with E-state index in [0.29, 0.717) is 6.10 Å². The number of aliphatic imine (C=N–C) groups is 1. The van der Waals surface area contributed by atoms with Crippen molar-refractivity contribution in [1.82, 2.24) is 15.5 Å². The fraction of sp³-hybridized carbons (Fsp3) is 0.938. The van der Waals surface area contributed by atoms with Crippen LogP contribution in [0, 0.1) is 0 Å². The maximum Gasteiger partial charge on any atom is 0.191 e. The number of hydrogen-bond donors (Lipinski definition) is 2. The van der Waals surface area contributed by atoms with Gasteiger partial charge < -0.3 is 25.0 Å². The molecule has 1 heterocycles. The summed E-state index contributed by atoms with van der Waals surface area (Å²) in [6, 6.07) is 0. The highest BCUT2D eigenvalue weighted by Gasteiger charge is 2.14. The molecule has 6 heteroatoms. The summed E-state index contributed by atoms with van der Waals surface area (Å²) in [6.07, 6.45) is 4.89. The Labute approximate surface area is 135 Å². The molecule has 0 saturated carbocycles. The zero-order valence-corrected chi connectivity index (χ0v) is 14.6. The summed E-state index contributed by atoms with van der Waals surface area (Å²) in [5.41, 5.74) is 0. The van der Waals surface area contributed by atoms with Crippen molar-refractivity contribution >= 4 is 5.96 Å². The van der Waals surface area contributed by atoms with Crippen molar-refractivity contribution in [2.45, 2.75) is 38.7 Å². The fourth-order valence-electron chi connectivity index (χ4n) is 2.49. The van der Waals surface area contributed by atoms with Crippen LogP contribution in [-0.4, -0.2) is 77.1 Å². The summed E-state index contributed by atoms with van der Waals surface area (Å²) in [7, 11) is 3.89. The molecule has 0 aromatic rings. The van der Waals surface area contributed by atoms with E-state index in [4.69, 9.17) is 9.47 Å². The lowest BCUT2D eigenvalue weighted by Gasteiger charge is -2.18. The number of likely N-dealkylation sites (N-methyl/N-ethyl adjacent to an activating group) is 1. The molecule has 0 spiro atoms. The Morgan fingerprint density at radius 1 is 1.36 bits per heavy atom. The van der Waals surface area contributed by atoms with Gasteiger partial charge in [0.15, 0.2) is 5.96 Å². The lowest BCUT2D eigenvalue weighted by atomic mass is 10.2. The molecule has 1 aliphatic rings. The number of guanidine groups is 1. The van der Waals surface area contributed by atoms with Gasteiger partial charge in [0.2, 0.25) is 0 Å². The van der Waals surface area contributed by atoms with Crippen LogP contribution in [0.25, 0.3) is 0 Å². The Morgan fingerprint density at radius 3 is 2.91 bits per heavy atom. The SMILES string of the molecule is CCNC(=NCCC1CCCO1)NCCN(C)CCCOC. The molecule has 0 aromatic heterocycles. The van der Waals surface area contributed by atoms with Crippen LogP contribution in [0.5, 0.6) is 0 Å². The number of ether oxygens (including phenoxy) is 2. The first-order chi connectivity index (χ1) is 10.8. The molecule has 1 saturated heterocycles. The highest BCUT2D eigenvalue weighted by Crippen LogP contribution is 2.14. The van der Waals surface area contributed by atoms with E-state index in [1.165, 1.54) is 12.8 Å². The van der Waals surface area contributed by atoms with Crippen molar-refractivity contribution in [3.8, 4) is 0 Å². The van der Waals surface area contributed by atoms with Gasteiger partial charge in [0.25, 0.3) is 0 Å². The summed E-state index contributed by atoms with van der Waals surface area (Å²) >= 11 is 0. The van der Waals surface area contributed by atoms with E-state index >= 15 is 0 Å². The number of nitrogens with zero attached hydrogens (tertiary/aromatic N) is 2. The second-order valence-electron chi connectivity index (χ2n) is 5.76. The molecule has 1 unspecified atom stereocenters. The van der Waals surface area contributed by atoms with Crippen LogP contribution < -0.4 is 10.6 Å². The van der Waals surface area contributed by atoms with Gasteiger partial charge >= 0.3 is 0 Å². The number of rotatable bonds is 11. The Bertz CT molecular complexity index is 294. The van der Waals surface area contributed by atoms with Gasteiger partial charge in [-0.15, -0.1) is 0 Å². The van der Waals surface area contributed by atoms with Gasteiger partial charge in [0.1, 0.15) is 0 Å². The van der Waals surface area contributed by atoms with Crippen LogP contribution in [0.1, 0.15) is 32.6 Å². The molecule has 22 heavy (non-hydrogen) atoms. The van der Waals surface area contributed by atoms with Crippen molar-refractivity contribution in [2.75, 3.05) is 60.1 Å². The van der Waals surface area contributed by atoms with Crippen LogP contribution >= 0.6 is 0 Å². The minimum atomic E-state index is 0.415. The third-order valence-corrected chi connectivity index (χ3v) is 3.76. The van der Waals surface area contributed by atoms with E-state index in [9.17, 15) is 0 Å². The second kappa shape index (κ2) is 12.7. The van der Waals surface area contributed by atoms with E-state index in [1.54, 1.807) is 7.11 Å². The summed E-state index contributed by atoms with van der Waals surface area (Å²) in [4.78, 5) is 6.93. The highest BCUT2D eigenvalue weighted by molar-refractivity contribution is 5.79. The van der Waals surface area contributed by atoms with Crippen LogP contribution in [-0.2, 0) is 9.47 Å². The minimum absolute atomic E-state index is 0.415. The van der Waals surface area contributed by atoms with Crippen molar-refractivity contribution in [1.29, 1.82) is 0 Å². The zero-order valence-electron chi connectivity index (χ0n) is 14.6. The Balaban J connectivity index is 2.15. The van der Waals surface area contributed by atoms with Gasteiger partial charge in [-0.2, -0.15) is 0 Å². The first-order valence-corrected chi connectivity index (χ1v) is 8.57. The first-order valence-electron chi connectivity index (χ1n) is 8.57. The number of methoxy groups -OCH3 is 1. The third kappa shape index (κ3) is 9.23. The number of hydrogen-bond acceptors (Lipinski definition) is 4. The molecule has 130 valence electrons. The van der Waals surface area contributed by atoms with E-state index < -0.39 is 0 Å². The molecule has 0 bridgehead atoms. The molecule has 0 aliphatic carbocycles. The molecular formula is C16H34N4O2. The predicted octanol–water partition coefficient (Wildman–Crippen LogP) is 1.08. The smallest absolute Gasteiger partial charge is 0.191 e. The standard InChI is InChI=1S/C16H34N4O2/c1-4-17-16(18-9-8-15-7-5-14-22-15)19-10-12-20(2)11-6-13-21-3/h15H,4-14H2,1-3H3,(H2,17,18,19). The fourth-order valence-corrected chi connectivity index (χ4v) is 2.49. The van der Waals surface area contributed by atoms with Crippen molar-refractivity contribution < 1.29 is 9.47 Å². The predicted molar refractivity (Wildman–Crippen MR) is 91.6 cm³/mol. The Kier molecular flexibility index (Phi) is 11.1. The maximum absolute atomic E-state index is 5.63. The Morgan fingerprint density at radius 2 is 2.23 bits per heavy atom. The van der Waals surface area contributed by atoms with Crippen LogP contribution in [0.2, 0.25) is 0 Å². The van der Waals surface area contributed by atoms with Gasteiger partial charge in [-0.25, -0.2) is 0 Å². The van der Waals surface area contributed by atoms with Gasteiger partial charge in [0.05, 0.1) is 6.10 Å². The van der Waals surface area contributed by atoms with E-state index in [0.717, 1.165) is 64.7 Å². The molecule has 1 aliphatic heterocycles. The normalized spacial score (nSPS) is 18.9. The van der Waals surface area contributed by atoms with Gasteiger partial charge in [-0.05, 0) is 39.7 Å². The molecule has 0 aromatic carbocycles. The van der Waals surface area contributed by atoms with E-state index in [2.05, 4.69) is 34.5 Å².